The minimum absolute atomic E-state index is 0.0429. The van der Waals surface area contributed by atoms with Gasteiger partial charge < -0.3 is 24.3 Å². The average molecular weight is 431 g/mol. The van der Waals surface area contributed by atoms with E-state index in [0.717, 1.165) is 43.8 Å². The zero-order valence-electron chi connectivity index (χ0n) is 18.3. The van der Waals surface area contributed by atoms with Gasteiger partial charge in [-0.05, 0) is 25.0 Å². The smallest absolute Gasteiger partial charge is 0.271 e. The van der Waals surface area contributed by atoms with Gasteiger partial charge in [0.2, 0.25) is 0 Å². The third-order valence-corrected chi connectivity index (χ3v) is 5.52. The van der Waals surface area contributed by atoms with Crippen LogP contribution in [0.15, 0.2) is 30.3 Å². The minimum atomic E-state index is -0.399. The van der Waals surface area contributed by atoms with E-state index >= 15 is 0 Å². The fraction of sp³-hybridized carbons (Fsp3) is 0.455. The summed E-state index contributed by atoms with van der Waals surface area (Å²) in [6, 6.07) is 8.61. The maximum Gasteiger partial charge on any atom is 0.271 e. The van der Waals surface area contributed by atoms with E-state index in [2.05, 4.69) is 10.2 Å². The van der Waals surface area contributed by atoms with Crippen LogP contribution >= 0.6 is 0 Å². The van der Waals surface area contributed by atoms with Crippen LogP contribution in [0.2, 0.25) is 0 Å². The number of nitrogens with zero attached hydrogens (tertiary/aromatic N) is 2. The molecular weight excluding hydrogens is 402 g/mol. The number of anilines is 1. The third-order valence-electron chi connectivity index (χ3n) is 5.52. The number of nitrogens with one attached hydrogen (secondary N) is 1. The molecule has 1 aliphatic rings. The van der Waals surface area contributed by atoms with Crippen molar-refractivity contribution in [2.24, 2.45) is 0 Å². The van der Waals surface area contributed by atoms with E-state index < -0.39 is 4.92 Å². The molecule has 0 spiro atoms. The van der Waals surface area contributed by atoms with Crippen molar-refractivity contribution in [2.75, 3.05) is 46.8 Å². The molecule has 0 amide bonds. The summed E-state index contributed by atoms with van der Waals surface area (Å²) >= 11 is 0. The normalized spacial score (nSPS) is 14.7. The summed E-state index contributed by atoms with van der Waals surface area (Å²) in [7, 11) is 6.43. The highest BCUT2D eigenvalue weighted by Crippen LogP contribution is 2.36. The number of ether oxygens (including phenoxy) is 4. The predicted octanol–water partition coefficient (Wildman–Crippen LogP) is 3.71. The van der Waals surface area contributed by atoms with Gasteiger partial charge in [0, 0.05) is 49.4 Å². The molecule has 168 valence electrons. The Kier molecular flexibility index (Phi) is 7.41. The number of benzene rings is 2. The van der Waals surface area contributed by atoms with E-state index in [9.17, 15) is 10.1 Å². The second-order valence-electron chi connectivity index (χ2n) is 7.36. The van der Waals surface area contributed by atoms with Crippen molar-refractivity contribution in [3.63, 3.8) is 0 Å². The van der Waals surface area contributed by atoms with Crippen LogP contribution in [-0.2, 0) is 6.54 Å². The van der Waals surface area contributed by atoms with Gasteiger partial charge in [-0.1, -0.05) is 0 Å². The fourth-order valence-electron chi connectivity index (χ4n) is 3.83. The van der Waals surface area contributed by atoms with Crippen molar-refractivity contribution in [3.05, 3.63) is 46.0 Å². The third kappa shape index (κ3) is 5.29. The van der Waals surface area contributed by atoms with Gasteiger partial charge in [-0.25, -0.2) is 0 Å². The summed E-state index contributed by atoms with van der Waals surface area (Å²) < 4.78 is 21.7. The van der Waals surface area contributed by atoms with E-state index in [1.54, 1.807) is 34.5 Å². The number of non-ortho nitro benzene ring substituents is 1. The molecule has 0 aliphatic carbocycles. The highest BCUT2D eigenvalue weighted by molar-refractivity contribution is 5.62. The van der Waals surface area contributed by atoms with Crippen molar-refractivity contribution in [2.45, 2.75) is 25.4 Å². The van der Waals surface area contributed by atoms with Crippen molar-refractivity contribution >= 4 is 11.4 Å². The van der Waals surface area contributed by atoms with Gasteiger partial charge in [-0.2, -0.15) is 0 Å². The monoisotopic (exact) mass is 431 g/mol. The molecule has 0 saturated carbocycles. The molecule has 0 unspecified atom stereocenters. The van der Waals surface area contributed by atoms with Gasteiger partial charge >= 0.3 is 0 Å². The first-order valence-electron chi connectivity index (χ1n) is 10.1. The first-order valence-corrected chi connectivity index (χ1v) is 10.1. The second kappa shape index (κ2) is 10.2. The van der Waals surface area contributed by atoms with E-state index in [0.29, 0.717) is 22.9 Å². The van der Waals surface area contributed by atoms with Crippen LogP contribution in [0, 0.1) is 10.1 Å². The lowest BCUT2D eigenvalue weighted by atomic mass is 10.0. The van der Waals surface area contributed by atoms with Crippen LogP contribution in [0.5, 0.6) is 23.0 Å². The summed E-state index contributed by atoms with van der Waals surface area (Å²) in [4.78, 5) is 13.1. The van der Waals surface area contributed by atoms with E-state index in [1.807, 2.05) is 12.1 Å². The molecule has 2 aromatic carbocycles. The number of hydrogen-bond acceptors (Lipinski definition) is 8. The molecule has 31 heavy (non-hydrogen) atoms. The number of rotatable bonds is 9. The zero-order valence-corrected chi connectivity index (χ0v) is 18.3. The summed E-state index contributed by atoms with van der Waals surface area (Å²) in [5.41, 5.74) is 1.73. The molecule has 0 radical (unpaired) electrons. The molecule has 2 aromatic rings. The molecular formula is C22H29N3O6. The van der Waals surface area contributed by atoms with Crippen molar-refractivity contribution < 1.29 is 23.9 Å². The first kappa shape index (κ1) is 22.5. The molecule has 3 rings (SSSR count). The summed E-state index contributed by atoms with van der Waals surface area (Å²) in [6.45, 7) is 2.50. The van der Waals surface area contributed by atoms with Crippen molar-refractivity contribution in [3.8, 4) is 23.0 Å². The van der Waals surface area contributed by atoms with E-state index in [1.165, 1.54) is 12.1 Å². The Bertz CT molecular complexity index is 912. The Hall–Kier alpha value is -3.20. The van der Waals surface area contributed by atoms with Crippen LogP contribution < -0.4 is 24.3 Å². The Labute approximate surface area is 182 Å². The Morgan fingerprint density at radius 3 is 2.13 bits per heavy atom. The summed E-state index contributed by atoms with van der Waals surface area (Å²) in [5, 5.41) is 14.5. The van der Waals surface area contributed by atoms with Gasteiger partial charge in [-0.3, -0.25) is 15.0 Å². The van der Waals surface area contributed by atoms with Gasteiger partial charge in [-0.15, -0.1) is 0 Å². The Morgan fingerprint density at radius 1 is 0.935 bits per heavy atom. The number of piperidine rings is 1. The molecule has 9 nitrogen and oxygen atoms in total. The minimum Gasteiger partial charge on any atom is -0.496 e. The maximum absolute atomic E-state index is 11.1. The number of methoxy groups -OCH3 is 4. The number of nitro benzene ring substituents is 1. The lowest BCUT2D eigenvalue weighted by Gasteiger charge is -2.33. The molecule has 1 saturated heterocycles. The van der Waals surface area contributed by atoms with Crippen LogP contribution in [0.1, 0.15) is 18.4 Å². The Morgan fingerprint density at radius 2 is 1.55 bits per heavy atom. The molecule has 9 heteroatoms. The second-order valence-corrected chi connectivity index (χ2v) is 7.36. The maximum atomic E-state index is 11.1. The first-order chi connectivity index (χ1) is 15.0. The molecule has 0 bridgehead atoms. The largest absolute Gasteiger partial charge is 0.496 e. The van der Waals surface area contributed by atoms with E-state index in [4.69, 9.17) is 18.9 Å². The van der Waals surface area contributed by atoms with Crippen LogP contribution in [0.3, 0.4) is 0 Å². The summed E-state index contributed by atoms with van der Waals surface area (Å²) in [6.07, 6.45) is 1.81. The van der Waals surface area contributed by atoms with Crippen molar-refractivity contribution in [1.29, 1.82) is 0 Å². The fourth-order valence-corrected chi connectivity index (χ4v) is 3.83. The number of hydrogen-bond donors (Lipinski definition) is 1. The Balaban J connectivity index is 1.64. The van der Waals surface area contributed by atoms with Gasteiger partial charge in [0.25, 0.3) is 5.69 Å². The molecule has 1 N–H and O–H groups in total. The lowest BCUT2D eigenvalue weighted by Crippen LogP contribution is -2.38. The quantitative estimate of drug-likeness (QED) is 0.474. The summed E-state index contributed by atoms with van der Waals surface area (Å²) in [5.74, 6) is 2.67. The zero-order chi connectivity index (χ0) is 22.4. The predicted molar refractivity (Wildman–Crippen MR) is 118 cm³/mol. The molecule has 1 heterocycles. The number of likely N-dealkylation sites (tertiary alicyclic amines) is 1. The van der Waals surface area contributed by atoms with Crippen LogP contribution in [0.4, 0.5) is 11.4 Å². The van der Waals surface area contributed by atoms with Crippen LogP contribution in [-0.4, -0.2) is 57.4 Å². The lowest BCUT2D eigenvalue weighted by molar-refractivity contribution is -0.384. The highest BCUT2D eigenvalue weighted by atomic mass is 16.6. The molecule has 0 atom stereocenters. The van der Waals surface area contributed by atoms with Crippen LogP contribution in [0.25, 0.3) is 0 Å². The van der Waals surface area contributed by atoms with Gasteiger partial charge in [0.1, 0.15) is 11.5 Å². The molecule has 1 fully saturated rings. The van der Waals surface area contributed by atoms with E-state index in [-0.39, 0.29) is 11.7 Å². The highest BCUT2D eigenvalue weighted by Gasteiger charge is 2.23. The van der Waals surface area contributed by atoms with Gasteiger partial charge in [0.15, 0.2) is 11.5 Å². The van der Waals surface area contributed by atoms with Crippen molar-refractivity contribution in [1.82, 2.24) is 4.90 Å². The number of nitro groups is 1. The topological polar surface area (TPSA) is 95.3 Å². The molecule has 0 aromatic heterocycles. The SMILES string of the molecule is COc1cc(OC)c(OC)cc1CN1CCC(Nc2cc([N+](=O)[O-])ccc2OC)CC1. The van der Waals surface area contributed by atoms with Gasteiger partial charge in [0.05, 0.1) is 39.0 Å². The standard InChI is InChI=1S/C22H29N3O6/c1-28-19-6-5-17(25(26)27)12-18(19)23-16-7-9-24(10-8-16)14-15-11-21(30-3)22(31-4)13-20(15)29-2/h5-6,11-13,16,23H,7-10,14H2,1-4H3. The average Bonchev–Trinajstić information content (AvgIpc) is 2.79. The molecule has 1 aliphatic heterocycles.